The van der Waals surface area contributed by atoms with Gasteiger partial charge in [-0.1, -0.05) is 28.4 Å². The van der Waals surface area contributed by atoms with Crippen molar-refractivity contribution in [2.24, 2.45) is 0 Å². The average molecular weight is 353 g/mol. The second-order valence-electron chi connectivity index (χ2n) is 4.83. The molecule has 0 aliphatic heterocycles. The summed E-state index contributed by atoms with van der Waals surface area (Å²) >= 11 is 3.46. The molecule has 0 spiro atoms. The van der Waals surface area contributed by atoms with Crippen molar-refractivity contribution in [1.29, 1.82) is 0 Å². The van der Waals surface area contributed by atoms with Gasteiger partial charge in [-0.25, -0.2) is 0 Å². The molecule has 0 fully saturated rings. The molecule has 1 amide bonds. The molecule has 3 N–H and O–H groups in total. The van der Waals surface area contributed by atoms with Gasteiger partial charge in [0.1, 0.15) is 0 Å². The molecule has 112 valence electrons. The van der Waals surface area contributed by atoms with Crippen molar-refractivity contribution in [3.63, 3.8) is 0 Å². The highest BCUT2D eigenvalue weighted by Gasteiger charge is 2.13. The third kappa shape index (κ3) is 4.07. The highest BCUT2D eigenvalue weighted by Crippen LogP contribution is 2.26. The highest BCUT2D eigenvalue weighted by molar-refractivity contribution is 9.10. The maximum absolute atomic E-state index is 12.2. The van der Waals surface area contributed by atoms with Crippen molar-refractivity contribution < 1.29 is 14.7 Å². The summed E-state index contributed by atoms with van der Waals surface area (Å²) in [4.78, 5) is 25.6. The predicted octanol–water partition coefficient (Wildman–Crippen LogP) is 3.31. The number of benzene rings is 1. The number of hydrogen-bond donors (Lipinski definition) is 3. The Morgan fingerprint density at radius 3 is 2.81 bits per heavy atom. The molecule has 0 atom stereocenters. The molecule has 1 aromatic carbocycles. The van der Waals surface area contributed by atoms with E-state index in [2.05, 4.69) is 26.2 Å². The lowest BCUT2D eigenvalue weighted by Gasteiger charge is -2.04. The van der Waals surface area contributed by atoms with Crippen LogP contribution in [-0.4, -0.2) is 28.5 Å². The van der Waals surface area contributed by atoms with Gasteiger partial charge in [0.15, 0.2) is 0 Å². The van der Waals surface area contributed by atoms with Gasteiger partial charge in [-0.3, -0.25) is 9.59 Å². The van der Waals surface area contributed by atoms with Crippen LogP contribution >= 0.6 is 15.9 Å². The maximum Gasteiger partial charge on any atom is 0.303 e. The molecule has 6 heteroatoms. The Morgan fingerprint density at radius 1 is 1.24 bits per heavy atom. The van der Waals surface area contributed by atoms with E-state index in [0.717, 1.165) is 28.2 Å². The van der Waals surface area contributed by atoms with Crippen molar-refractivity contribution >= 4 is 38.7 Å². The van der Waals surface area contributed by atoms with E-state index >= 15 is 0 Å². The Kier molecular flexibility index (Phi) is 5.38. The number of H-pyrrole nitrogens is 1. The number of halogens is 1. The van der Waals surface area contributed by atoms with Crippen molar-refractivity contribution in [3.8, 4) is 0 Å². The van der Waals surface area contributed by atoms with E-state index in [4.69, 9.17) is 5.11 Å². The van der Waals surface area contributed by atoms with Gasteiger partial charge in [0, 0.05) is 34.5 Å². The second-order valence-corrected chi connectivity index (χ2v) is 5.68. The minimum absolute atomic E-state index is 0.119. The molecule has 21 heavy (non-hydrogen) atoms. The SMILES string of the molecule is O=C(O)CCCCCNC(=O)c1c[nH]c2cccc(Br)c12. The van der Waals surface area contributed by atoms with Gasteiger partial charge in [-0.2, -0.15) is 0 Å². The van der Waals surface area contributed by atoms with Crippen LogP contribution in [0.5, 0.6) is 0 Å². The second kappa shape index (κ2) is 7.26. The number of aromatic nitrogens is 1. The first-order valence-corrected chi connectivity index (χ1v) is 7.64. The molecule has 0 saturated carbocycles. The summed E-state index contributed by atoms with van der Waals surface area (Å²) in [5.74, 6) is -0.894. The number of amides is 1. The zero-order chi connectivity index (χ0) is 15.2. The molecular weight excluding hydrogens is 336 g/mol. The number of hydrogen-bond acceptors (Lipinski definition) is 2. The van der Waals surface area contributed by atoms with Gasteiger partial charge in [0.05, 0.1) is 5.56 Å². The molecule has 0 bridgehead atoms. The quantitative estimate of drug-likeness (QED) is 0.668. The number of unbranched alkanes of at least 4 members (excludes halogenated alkanes) is 2. The van der Waals surface area contributed by atoms with Gasteiger partial charge < -0.3 is 15.4 Å². The lowest BCUT2D eigenvalue weighted by Crippen LogP contribution is -2.24. The summed E-state index contributed by atoms with van der Waals surface area (Å²) in [6.07, 6.45) is 4.11. The van der Waals surface area contributed by atoms with Crippen LogP contribution in [0.3, 0.4) is 0 Å². The topological polar surface area (TPSA) is 82.2 Å². The number of aromatic amines is 1. The van der Waals surface area contributed by atoms with E-state index < -0.39 is 5.97 Å². The fourth-order valence-electron chi connectivity index (χ4n) is 2.19. The number of rotatable bonds is 7. The van der Waals surface area contributed by atoms with Crippen molar-refractivity contribution in [2.45, 2.75) is 25.7 Å². The lowest BCUT2D eigenvalue weighted by molar-refractivity contribution is -0.137. The maximum atomic E-state index is 12.2. The number of carboxylic acids is 1. The number of aliphatic carboxylic acids is 1. The molecule has 2 aromatic rings. The zero-order valence-electron chi connectivity index (χ0n) is 11.5. The summed E-state index contributed by atoms with van der Waals surface area (Å²) in [6, 6.07) is 5.73. The minimum Gasteiger partial charge on any atom is -0.481 e. The van der Waals surface area contributed by atoms with Gasteiger partial charge in [0.2, 0.25) is 0 Å². The standard InChI is InChI=1S/C15H17BrN2O3/c16-11-5-4-6-12-14(11)10(9-18-12)15(21)17-8-3-1-2-7-13(19)20/h4-6,9,18H,1-3,7-8H2,(H,17,21)(H,19,20). The van der Waals surface area contributed by atoms with Gasteiger partial charge in [-0.05, 0) is 25.0 Å². The van der Waals surface area contributed by atoms with E-state index in [0.29, 0.717) is 18.5 Å². The summed E-state index contributed by atoms with van der Waals surface area (Å²) < 4.78 is 0.882. The first-order valence-electron chi connectivity index (χ1n) is 6.85. The summed E-state index contributed by atoms with van der Waals surface area (Å²) in [7, 11) is 0. The lowest BCUT2D eigenvalue weighted by atomic mass is 10.1. The smallest absolute Gasteiger partial charge is 0.303 e. The Labute approximate surface area is 130 Å². The molecule has 1 aromatic heterocycles. The fourth-order valence-corrected chi connectivity index (χ4v) is 2.77. The molecule has 0 unspecified atom stereocenters. The number of carbonyl (C=O) groups is 2. The molecule has 1 heterocycles. The van der Waals surface area contributed by atoms with Crippen LogP contribution < -0.4 is 5.32 Å². The molecule has 2 rings (SSSR count). The van der Waals surface area contributed by atoms with Crippen molar-refractivity contribution in [3.05, 3.63) is 34.4 Å². The third-order valence-corrected chi connectivity index (χ3v) is 3.91. The molecule has 0 radical (unpaired) electrons. The van der Waals surface area contributed by atoms with Crippen LogP contribution in [0.1, 0.15) is 36.0 Å². The number of carboxylic acid groups (broad SMARTS) is 1. The number of fused-ring (bicyclic) bond motifs is 1. The van der Waals surface area contributed by atoms with Crippen LogP contribution in [0.15, 0.2) is 28.9 Å². The van der Waals surface area contributed by atoms with Gasteiger partial charge in [-0.15, -0.1) is 0 Å². The average Bonchev–Trinajstić information content (AvgIpc) is 2.87. The molecule has 0 aliphatic rings. The Bertz CT molecular complexity index is 651. The van der Waals surface area contributed by atoms with Gasteiger partial charge >= 0.3 is 5.97 Å². The molecule has 0 aliphatic carbocycles. The van der Waals surface area contributed by atoms with Crippen LogP contribution in [-0.2, 0) is 4.79 Å². The molecular formula is C15H17BrN2O3. The van der Waals surface area contributed by atoms with Crippen LogP contribution in [0.2, 0.25) is 0 Å². The van der Waals surface area contributed by atoms with Gasteiger partial charge in [0.25, 0.3) is 5.91 Å². The predicted molar refractivity (Wildman–Crippen MR) is 84.4 cm³/mol. The number of carbonyl (C=O) groups excluding carboxylic acids is 1. The van der Waals surface area contributed by atoms with Crippen LogP contribution in [0.4, 0.5) is 0 Å². The highest BCUT2D eigenvalue weighted by atomic mass is 79.9. The Balaban J connectivity index is 1.87. The Morgan fingerprint density at radius 2 is 2.05 bits per heavy atom. The Hall–Kier alpha value is -1.82. The van der Waals surface area contributed by atoms with E-state index in [1.54, 1.807) is 6.20 Å². The third-order valence-electron chi connectivity index (χ3n) is 3.25. The first kappa shape index (κ1) is 15.6. The molecule has 5 nitrogen and oxygen atoms in total. The van der Waals surface area contributed by atoms with E-state index in [9.17, 15) is 9.59 Å². The van der Waals surface area contributed by atoms with Crippen LogP contribution in [0, 0.1) is 0 Å². The van der Waals surface area contributed by atoms with Crippen molar-refractivity contribution in [1.82, 2.24) is 10.3 Å². The molecule has 0 saturated heterocycles. The zero-order valence-corrected chi connectivity index (χ0v) is 13.1. The van der Waals surface area contributed by atoms with Crippen LogP contribution in [0.25, 0.3) is 10.9 Å². The summed E-state index contributed by atoms with van der Waals surface area (Å²) in [5.41, 5.74) is 1.53. The summed E-state index contributed by atoms with van der Waals surface area (Å²) in [6.45, 7) is 0.551. The largest absolute Gasteiger partial charge is 0.481 e. The van der Waals surface area contributed by atoms with Crippen molar-refractivity contribution in [2.75, 3.05) is 6.54 Å². The fraction of sp³-hybridized carbons (Fsp3) is 0.333. The monoisotopic (exact) mass is 352 g/mol. The first-order chi connectivity index (χ1) is 10.1. The van der Waals surface area contributed by atoms with E-state index in [1.807, 2.05) is 18.2 Å². The van der Waals surface area contributed by atoms with E-state index in [-0.39, 0.29) is 12.3 Å². The summed E-state index contributed by atoms with van der Waals surface area (Å²) in [5, 5.41) is 12.3. The minimum atomic E-state index is -0.775. The van der Waals surface area contributed by atoms with E-state index in [1.165, 1.54) is 0 Å². The normalized spacial score (nSPS) is 10.7. The number of nitrogens with one attached hydrogen (secondary N) is 2.